The van der Waals surface area contributed by atoms with Crippen LogP contribution in [0.15, 0.2) is 35.5 Å². The van der Waals surface area contributed by atoms with Gasteiger partial charge in [-0.3, -0.25) is 4.79 Å². The zero-order chi connectivity index (χ0) is 17.0. The normalized spacial score (nSPS) is 12.9. The number of carbonyl (C=O) groups is 1. The van der Waals surface area contributed by atoms with Gasteiger partial charge in [-0.1, -0.05) is 30.0 Å². The van der Waals surface area contributed by atoms with Gasteiger partial charge < -0.3 is 4.90 Å². The van der Waals surface area contributed by atoms with Gasteiger partial charge >= 0.3 is 0 Å². The second-order valence-corrected chi connectivity index (χ2v) is 7.53. The van der Waals surface area contributed by atoms with Crippen LogP contribution in [0.4, 0.5) is 5.69 Å². The van der Waals surface area contributed by atoms with E-state index in [4.69, 9.17) is 0 Å². The number of carbonyl (C=O) groups excluding carboxylic acids is 1. The van der Waals surface area contributed by atoms with E-state index < -0.39 is 0 Å². The quantitative estimate of drug-likeness (QED) is 0.787. The smallest absolute Gasteiger partial charge is 0.240 e. The summed E-state index contributed by atoms with van der Waals surface area (Å²) in [5.41, 5.74) is 0.682. The predicted molar refractivity (Wildman–Crippen MR) is 92.6 cm³/mol. The Morgan fingerprint density at radius 3 is 2.52 bits per heavy atom. The minimum Gasteiger partial charge on any atom is -0.312 e. The van der Waals surface area contributed by atoms with Crippen molar-refractivity contribution in [2.75, 3.05) is 11.4 Å². The summed E-state index contributed by atoms with van der Waals surface area (Å²) in [6.45, 7) is 10.6. The van der Waals surface area contributed by atoms with Crippen molar-refractivity contribution in [1.82, 2.24) is 20.2 Å². The van der Waals surface area contributed by atoms with Gasteiger partial charge in [-0.05, 0) is 57.2 Å². The Hall–Kier alpha value is -1.89. The molecule has 0 fully saturated rings. The molecule has 1 aromatic carbocycles. The first-order valence-electron chi connectivity index (χ1n) is 7.66. The fourth-order valence-corrected chi connectivity index (χ4v) is 3.21. The van der Waals surface area contributed by atoms with Gasteiger partial charge in [0.2, 0.25) is 11.1 Å². The number of thioether (sulfide) groups is 1. The van der Waals surface area contributed by atoms with Crippen LogP contribution < -0.4 is 4.90 Å². The van der Waals surface area contributed by atoms with Gasteiger partial charge in [0.15, 0.2) is 0 Å². The minimum atomic E-state index is -0.276. The van der Waals surface area contributed by atoms with E-state index in [0.717, 1.165) is 5.69 Å². The highest BCUT2D eigenvalue weighted by Crippen LogP contribution is 2.27. The molecule has 0 spiro atoms. The Morgan fingerprint density at radius 2 is 1.96 bits per heavy atom. The number of nitrogens with zero attached hydrogens (tertiary/aromatic N) is 5. The minimum absolute atomic E-state index is 0.0483. The molecule has 7 heteroatoms. The van der Waals surface area contributed by atoms with E-state index in [2.05, 4.69) is 15.5 Å². The van der Waals surface area contributed by atoms with Crippen molar-refractivity contribution in [3.8, 4) is 0 Å². The van der Waals surface area contributed by atoms with E-state index in [1.807, 2.05) is 65.0 Å². The number of rotatable bonds is 5. The van der Waals surface area contributed by atoms with Crippen molar-refractivity contribution in [3.05, 3.63) is 30.3 Å². The Morgan fingerprint density at radius 1 is 1.30 bits per heavy atom. The number of aromatic nitrogens is 4. The summed E-state index contributed by atoms with van der Waals surface area (Å²) in [6, 6.07) is 9.69. The van der Waals surface area contributed by atoms with E-state index in [1.165, 1.54) is 11.8 Å². The summed E-state index contributed by atoms with van der Waals surface area (Å²) in [7, 11) is 0. The molecule has 1 atom stereocenters. The second-order valence-electron chi connectivity index (χ2n) is 6.22. The van der Waals surface area contributed by atoms with Crippen LogP contribution >= 0.6 is 11.8 Å². The summed E-state index contributed by atoms with van der Waals surface area (Å²) >= 11 is 1.39. The van der Waals surface area contributed by atoms with Gasteiger partial charge in [-0.2, -0.15) is 0 Å². The lowest BCUT2D eigenvalue weighted by molar-refractivity contribution is -0.117. The topological polar surface area (TPSA) is 63.9 Å². The molecule has 0 aliphatic heterocycles. The van der Waals surface area contributed by atoms with Crippen LogP contribution in [0.1, 0.15) is 34.6 Å². The number of benzene rings is 1. The monoisotopic (exact) mass is 333 g/mol. The van der Waals surface area contributed by atoms with Crippen molar-refractivity contribution in [2.24, 2.45) is 0 Å². The molecular formula is C16H23N5OS. The number of para-hydroxylation sites is 1. The number of amides is 1. The molecule has 1 aromatic heterocycles. The Kier molecular flexibility index (Phi) is 5.41. The molecule has 0 bridgehead atoms. The molecule has 23 heavy (non-hydrogen) atoms. The first-order valence-corrected chi connectivity index (χ1v) is 8.54. The highest BCUT2D eigenvalue weighted by Gasteiger charge is 2.26. The molecule has 6 nitrogen and oxygen atoms in total. The van der Waals surface area contributed by atoms with E-state index in [9.17, 15) is 4.79 Å². The maximum atomic E-state index is 12.8. The molecule has 2 rings (SSSR count). The molecule has 1 unspecified atom stereocenters. The summed E-state index contributed by atoms with van der Waals surface area (Å²) < 4.78 is 1.75. The molecule has 0 saturated carbocycles. The van der Waals surface area contributed by atoms with Crippen LogP contribution in [0.5, 0.6) is 0 Å². The van der Waals surface area contributed by atoms with E-state index in [-0.39, 0.29) is 16.7 Å². The molecule has 0 radical (unpaired) electrons. The maximum absolute atomic E-state index is 12.8. The van der Waals surface area contributed by atoms with Crippen molar-refractivity contribution < 1.29 is 4.79 Å². The molecular weight excluding hydrogens is 310 g/mol. The number of anilines is 1. The molecule has 1 amide bonds. The predicted octanol–water partition coefficient (Wildman–Crippen LogP) is 2.96. The summed E-state index contributed by atoms with van der Waals surface area (Å²) in [5.74, 6) is 0.0483. The first-order chi connectivity index (χ1) is 10.8. The summed E-state index contributed by atoms with van der Waals surface area (Å²) in [5, 5.41) is 12.2. The SMILES string of the molecule is CCN(C(=O)C(C)Sc1nnnn1C(C)(C)C)c1ccccc1. The fraction of sp³-hybridized carbons (Fsp3) is 0.500. The lowest BCUT2D eigenvalue weighted by atomic mass is 10.1. The summed E-state index contributed by atoms with van der Waals surface area (Å²) in [6.07, 6.45) is 0. The Bertz CT molecular complexity index is 650. The van der Waals surface area contributed by atoms with Gasteiger partial charge in [0.05, 0.1) is 10.8 Å². The Labute approximate surface area is 141 Å². The van der Waals surface area contributed by atoms with Crippen molar-refractivity contribution in [3.63, 3.8) is 0 Å². The van der Waals surface area contributed by atoms with Crippen LogP contribution in [0.2, 0.25) is 0 Å². The molecule has 0 N–H and O–H groups in total. The third kappa shape index (κ3) is 4.10. The zero-order valence-corrected chi connectivity index (χ0v) is 15.0. The van der Waals surface area contributed by atoms with Gasteiger partial charge in [0, 0.05) is 12.2 Å². The van der Waals surface area contributed by atoms with Crippen LogP contribution in [0.25, 0.3) is 0 Å². The molecule has 0 aliphatic carbocycles. The first kappa shape index (κ1) is 17.5. The van der Waals surface area contributed by atoms with E-state index in [1.54, 1.807) is 9.58 Å². The van der Waals surface area contributed by atoms with Crippen LogP contribution in [-0.4, -0.2) is 37.9 Å². The van der Waals surface area contributed by atoms with Crippen molar-refractivity contribution in [1.29, 1.82) is 0 Å². The number of hydrogen-bond donors (Lipinski definition) is 0. The Balaban J connectivity index is 2.16. The van der Waals surface area contributed by atoms with E-state index in [0.29, 0.717) is 11.7 Å². The van der Waals surface area contributed by atoms with Gasteiger partial charge in [-0.25, -0.2) is 4.68 Å². The fourth-order valence-electron chi connectivity index (χ4n) is 2.18. The molecule has 124 valence electrons. The number of hydrogen-bond acceptors (Lipinski definition) is 5. The van der Waals surface area contributed by atoms with Gasteiger partial charge in [-0.15, -0.1) is 5.10 Å². The standard InChI is InChI=1S/C16H23N5OS/c1-6-20(13-10-8-7-9-11-13)14(22)12(2)23-15-17-18-19-21(15)16(3,4)5/h7-12H,6H2,1-5H3. The van der Waals surface area contributed by atoms with Crippen molar-refractivity contribution in [2.45, 2.75) is 50.6 Å². The van der Waals surface area contributed by atoms with Gasteiger partial charge in [0.25, 0.3) is 0 Å². The zero-order valence-electron chi connectivity index (χ0n) is 14.2. The van der Waals surface area contributed by atoms with Crippen LogP contribution in [0, 0.1) is 0 Å². The highest BCUT2D eigenvalue weighted by atomic mass is 32.2. The third-order valence-corrected chi connectivity index (χ3v) is 4.38. The molecule has 0 saturated heterocycles. The third-order valence-electron chi connectivity index (χ3n) is 3.36. The largest absolute Gasteiger partial charge is 0.312 e. The average Bonchev–Trinajstić information content (AvgIpc) is 2.97. The number of tetrazole rings is 1. The summed E-state index contributed by atoms with van der Waals surface area (Å²) in [4.78, 5) is 14.6. The molecule has 1 heterocycles. The highest BCUT2D eigenvalue weighted by molar-refractivity contribution is 8.00. The van der Waals surface area contributed by atoms with Gasteiger partial charge in [0.1, 0.15) is 0 Å². The van der Waals surface area contributed by atoms with Crippen LogP contribution in [0.3, 0.4) is 0 Å². The van der Waals surface area contributed by atoms with Crippen LogP contribution in [-0.2, 0) is 10.3 Å². The second kappa shape index (κ2) is 7.12. The maximum Gasteiger partial charge on any atom is 0.240 e. The lowest BCUT2D eigenvalue weighted by Crippen LogP contribution is -2.36. The van der Waals surface area contributed by atoms with Crippen molar-refractivity contribution >= 4 is 23.4 Å². The van der Waals surface area contributed by atoms with E-state index >= 15 is 0 Å². The average molecular weight is 333 g/mol. The molecule has 2 aromatic rings. The lowest BCUT2D eigenvalue weighted by Gasteiger charge is -2.25. The molecule has 0 aliphatic rings.